The van der Waals surface area contributed by atoms with Crippen LogP contribution in [0.1, 0.15) is 32.8 Å². The summed E-state index contributed by atoms with van der Waals surface area (Å²) in [6.07, 6.45) is 4.51. The van der Waals surface area contributed by atoms with Crippen molar-refractivity contribution in [2.45, 2.75) is 58.4 Å². The van der Waals surface area contributed by atoms with Gasteiger partial charge in [-0.15, -0.1) is 0 Å². The minimum Gasteiger partial charge on any atom is -0.334 e. The summed E-state index contributed by atoms with van der Waals surface area (Å²) in [4.78, 5) is 28.2. The zero-order chi connectivity index (χ0) is 17.3. The van der Waals surface area contributed by atoms with Crippen molar-refractivity contribution < 1.29 is 9.59 Å². The predicted octanol–water partition coefficient (Wildman–Crippen LogP) is 0.989. The van der Waals surface area contributed by atoms with E-state index < -0.39 is 0 Å². The first-order valence-electron chi connectivity index (χ1n) is 8.62. The number of hydrogen-bond acceptors (Lipinski definition) is 3. The predicted molar refractivity (Wildman–Crippen MR) is 89.4 cm³/mol. The maximum atomic E-state index is 12.4. The van der Waals surface area contributed by atoms with Gasteiger partial charge in [-0.2, -0.15) is 5.10 Å². The van der Waals surface area contributed by atoms with Crippen LogP contribution in [0.4, 0.5) is 9.59 Å². The van der Waals surface area contributed by atoms with E-state index in [1.807, 2.05) is 36.5 Å². The van der Waals surface area contributed by atoms with Crippen LogP contribution in [0.2, 0.25) is 0 Å². The highest BCUT2D eigenvalue weighted by Gasteiger charge is 2.44. The standard InChI is InChI=1S/C16H26N6O2/c1-4-21-9-12(8-18-21)7-17-15(23)20-6-5-14-13(10-20)19-16(24)22(14)11(2)3/h8-9,11,13-14H,4-7,10H2,1-3H3,(H,17,23)(H,19,24)/t13-,14+/m1/s1. The summed E-state index contributed by atoms with van der Waals surface area (Å²) in [5, 5.41) is 10.1. The highest BCUT2D eigenvalue weighted by Crippen LogP contribution is 2.24. The molecule has 3 rings (SSSR count). The van der Waals surface area contributed by atoms with Gasteiger partial charge in [0, 0.05) is 44.0 Å². The van der Waals surface area contributed by atoms with Gasteiger partial charge in [0.2, 0.25) is 0 Å². The van der Waals surface area contributed by atoms with E-state index in [4.69, 9.17) is 0 Å². The van der Waals surface area contributed by atoms with Gasteiger partial charge in [0.25, 0.3) is 0 Å². The highest BCUT2D eigenvalue weighted by molar-refractivity contribution is 5.79. The summed E-state index contributed by atoms with van der Waals surface area (Å²) in [7, 11) is 0. The molecule has 132 valence electrons. The van der Waals surface area contributed by atoms with Crippen LogP contribution in [-0.2, 0) is 13.1 Å². The first kappa shape index (κ1) is 16.6. The molecular weight excluding hydrogens is 308 g/mol. The van der Waals surface area contributed by atoms with Crippen LogP contribution in [0.5, 0.6) is 0 Å². The summed E-state index contributed by atoms with van der Waals surface area (Å²) >= 11 is 0. The Hall–Kier alpha value is -2.25. The molecule has 2 saturated heterocycles. The van der Waals surface area contributed by atoms with Gasteiger partial charge in [0.1, 0.15) is 0 Å². The molecule has 0 aliphatic carbocycles. The van der Waals surface area contributed by atoms with Crippen molar-refractivity contribution in [2.75, 3.05) is 13.1 Å². The Morgan fingerprint density at radius 1 is 1.50 bits per heavy atom. The lowest BCUT2D eigenvalue weighted by molar-refractivity contribution is 0.133. The molecule has 1 aromatic rings. The molecular formula is C16H26N6O2. The van der Waals surface area contributed by atoms with Gasteiger partial charge < -0.3 is 20.4 Å². The first-order chi connectivity index (χ1) is 11.5. The quantitative estimate of drug-likeness (QED) is 0.861. The van der Waals surface area contributed by atoms with E-state index in [-0.39, 0.29) is 30.2 Å². The van der Waals surface area contributed by atoms with Crippen molar-refractivity contribution in [2.24, 2.45) is 0 Å². The number of fused-ring (bicyclic) bond motifs is 1. The van der Waals surface area contributed by atoms with Crippen molar-refractivity contribution in [3.05, 3.63) is 18.0 Å². The number of urea groups is 2. The van der Waals surface area contributed by atoms with Crippen LogP contribution in [-0.4, -0.2) is 62.9 Å². The smallest absolute Gasteiger partial charge is 0.318 e. The van der Waals surface area contributed by atoms with Crippen LogP contribution >= 0.6 is 0 Å². The molecule has 0 radical (unpaired) electrons. The van der Waals surface area contributed by atoms with E-state index in [2.05, 4.69) is 15.7 Å². The molecule has 2 N–H and O–H groups in total. The van der Waals surface area contributed by atoms with Gasteiger partial charge in [-0.3, -0.25) is 4.68 Å². The van der Waals surface area contributed by atoms with Gasteiger partial charge >= 0.3 is 12.1 Å². The number of piperidine rings is 1. The molecule has 0 bridgehead atoms. The maximum absolute atomic E-state index is 12.4. The lowest BCUT2D eigenvalue weighted by Gasteiger charge is -2.37. The molecule has 2 fully saturated rings. The average molecular weight is 334 g/mol. The molecule has 3 heterocycles. The SMILES string of the molecule is CCn1cc(CNC(=O)N2CC[C@H]3[C@@H](C2)NC(=O)N3C(C)C)cn1. The number of rotatable bonds is 4. The maximum Gasteiger partial charge on any atom is 0.318 e. The normalized spacial score (nSPS) is 23.4. The molecule has 0 aromatic carbocycles. The second-order valence-electron chi connectivity index (χ2n) is 6.72. The summed E-state index contributed by atoms with van der Waals surface area (Å²) in [5.74, 6) is 0. The van der Waals surface area contributed by atoms with Crippen LogP contribution in [0.3, 0.4) is 0 Å². The van der Waals surface area contributed by atoms with Crippen LogP contribution in [0.25, 0.3) is 0 Å². The third kappa shape index (κ3) is 3.18. The number of likely N-dealkylation sites (tertiary alicyclic amines) is 1. The number of nitrogens with zero attached hydrogens (tertiary/aromatic N) is 4. The van der Waals surface area contributed by atoms with Crippen LogP contribution in [0, 0.1) is 0 Å². The largest absolute Gasteiger partial charge is 0.334 e. The van der Waals surface area contributed by atoms with Crippen molar-refractivity contribution in [3.63, 3.8) is 0 Å². The van der Waals surface area contributed by atoms with E-state index in [1.54, 1.807) is 11.1 Å². The Kier molecular flexibility index (Phi) is 4.64. The Balaban J connectivity index is 1.53. The third-order valence-corrected chi connectivity index (χ3v) is 4.78. The minimum atomic E-state index is -0.0880. The Morgan fingerprint density at radius 2 is 2.29 bits per heavy atom. The summed E-state index contributed by atoms with van der Waals surface area (Å²) in [6.45, 7) is 8.58. The van der Waals surface area contributed by atoms with E-state index >= 15 is 0 Å². The topological polar surface area (TPSA) is 82.5 Å². The molecule has 0 spiro atoms. The monoisotopic (exact) mass is 334 g/mol. The van der Waals surface area contributed by atoms with Gasteiger partial charge in [0.15, 0.2) is 0 Å². The van der Waals surface area contributed by atoms with Crippen molar-refractivity contribution in [1.29, 1.82) is 0 Å². The number of nitrogens with one attached hydrogen (secondary N) is 2. The van der Waals surface area contributed by atoms with E-state index in [0.29, 0.717) is 19.6 Å². The van der Waals surface area contributed by atoms with E-state index in [0.717, 1.165) is 18.5 Å². The highest BCUT2D eigenvalue weighted by atomic mass is 16.2. The van der Waals surface area contributed by atoms with Crippen LogP contribution < -0.4 is 10.6 Å². The fourth-order valence-electron chi connectivity index (χ4n) is 3.56. The number of carbonyl (C=O) groups excluding carboxylic acids is 2. The fraction of sp³-hybridized carbons (Fsp3) is 0.688. The second-order valence-corrected chi connectivity index (χ2v) is 6.72. The summed E-state index contributed by atoms with van der Waals surface area (Å²) in [5.41, 5.74) is 0.986. The third-order valence-electron chi connectivity index (χ3n) is 4.78. The molecule has 0 unspecified atom stereocenters. The molecule has 2 aliphatic heterocycles. The van der Waals surface area contributed by atoms with Gasteiger partial charge in [-0.25, -0.2) is 9.59 Å². The average Bonchev–Trinajstić information content (AvgIpc) is 3.14. The Bertz CT molecular complexity index is 613. The van der Waals surface area contributed by atoms with Crippen molar-refractivity contribution in [1.82, 2.24) is 30.2 Å². The van der Waals surface area contributed by atoms with E-state index in [9.17, 15) is 9.59 Å². The zero-order valence-electron chi connectivity index (χ0n) is 14.5. The Labute approximate surface area is 142 Å². The lowest BCUT2D eigenvalue weighted by atomic mass is 9.99. The molecule has 4 amide bonds. The van der Waals surface area contributed by atoms with Gasteiger partial charge in [-0.05, 0) is 27.2 Å². The number of hydrogen-bond donors (Lipinski definition) is 2. The van der Waals surface area contributed by atoms with Gasteiger partial charge in [0.05, 0.1) is 18.3 Å². The molecule has 1 aromatic heterocycles. The zero-order valence-corrected chi connectivity index (χ0v) is 14.5. The summed E-state index contributed by atoms with van der Waals surface area (Å²) in [6, 6.07) is 0.270. The number of aromatic nitrogens is 2. The van der Waals surface area contributed by atoms with Crippen molar-refractivity contribution in [3.8, 4) is 0 Å². The number of aryl methyl sites for hydroxylation is 1. The minimum absolute atomic E-state index is 0.0160. The molecule has 8 nitrogen and oxygen atoms in total. The van der Waals surface area contributed by atoms with E-state index in [1.165, 1.54) is 0 Å². The molecule has 2 atom stereocenters. The fourth-order valence-corrected chi connectivity index (χ4v) is 3.56. The van der Waals surface area contributed by atoms with Crippen molar-refractivity contribution >= 4 is 12.1 Å². The summed E-state index contributed by atoms with van der Waals surface area (Å²) < 4.78 is 1.83. The first-order valence-corrected chi connectivity index (χ1v) is 8.62. The number of carbonyl (C=O) groups is 2. The van der Waals surface area contributed by atoms with Gasteiger partial charge in [-0.1, -0.05) is 0 Å². The molecule has 2 aliphatic rings. The molecule has 8 heteroatoms. The second kappa shape index (κ2) is 6.70. The lowest BCUT2D eigenvalue weighted by Crippen LogP contribution is -2.55. The number of amides is 4. The van der Waals surface area contributed by atoms with Crippen LogP contribution in [0.15, 0.2) is 12.4 Å². The Morgan fingerprint density at radius 3 is 2.96 bits per heavy atom. The molecule has 24 heavy (non-hydrogen) atoms. The molecule has 0 saturated carbocycles.